The molecule has 0 fully saturated rings. The van der Waals surface area contributed by atoms with Gasteiger partial charge in [-0.3, -0.25) is 0 Å². The second-order valence-corrected chi connectivity index (χ2v) is 7.34. The Kier molecular flexibility index (Phi) is 7.90. The van der Waals surface area contributed by atoms with Crippen molar-refractivity contribution in [2.45, 2.75) is 37.5 Å². The zero-order chi connectivity index (χ0) is 15.9. The van der Waals surface area contributed by atoms with Crippen molar-refractivity contribution in [3.8, 4) is 0 Å². The van der Waals surface area contributed by atoms with Crippen molar-refractivity contribution in [2.24, 2.45) is 0 Å². The van der Waals surface area contributed by atoms with Crippen LogP contribution in [-0.2, 0) is 10.0 Å². The average molecular weight is 355 g/mol. The van der Waals surface area contributed by atoms with E-state index in [9.17, 15) is 8.42 Å². The Morgan fingerprint density at radius 3 is 2.52 bits per heavy atom. The molecule has 0 spiro atoms. The van der Waals surface area contributed by atoms with Gasteiger partial charge >= 0.3 is 0 Å². The maximum absolute atomic E-state index is 12.5. The van der Waals surface area contributed by atoms with Crippen molar-refractivity contribution in [3.63, 3.8) is 0 Å². The van der Waals surface area contributed by atoms with E-state index in [-0.39, 0.29) is 28.2 Å². The topological polar surface area (TPSA) is 70.5 Å². The van der Waals surface area contributed by atoms with Crippen molar-refractivity contribution in [2.75, 3.05) is 19.7 Å². The van der Waals surface area contributed by atoms with Crippen LogP contribution in [0.25, 0.3) is 0 Å². The number of aromatic nitrogens is 1. The standard InChI is InChI=1S/C13H20Cl2N2O3S/c1-2-3-4-5-6-17(7-8-18)21(19,20)11-9-12(14)13(15)16-10-11/h9-10,18H,2-8H2,1H3. The summed E-state index contributed by atoms with van der Waals surface area (Å²) in [5.41, 5.74) is 0. The quantitative estimate of drug-likeness (QED) is 0.546. The third-order valence-corrected chi connectivity index (χ3v) is 5.57. The summed E-state index contributed by atoms with van der Waals surface area (Å²) in [5.74, 6) is 0. The molecule has 0 radical (unpaired) electrons. The normalized spacial score (nSPS) is 12.0. The first kappa shape index (κ1) is 18.6. The van der Waals surface area contributed by atoms with Crippen molar-refractivity contribution in [1.82, 2.24) is 9.29 Å². The first-order valence-electron chi connectivity index (χ1n) is 6.85. The Morgan fingerprint density at radius 1 is 1.24 bits per heavy atom. The molecule has 1 aromatic heterocycles. The molecule has 0 saturated carbocycles. The van der Waals surface area contributed by atoms with Gasteiger partial charge in [-0.25, -0.2) is 13.4 Å². The number of aliphatic hydroxyl groups is 1. The lowest BCUT2D eigenvalue weighted by atomic mass is 10.2. The molecule has 1 rings (SSSR count). The highest BCUT2D eigenvalue weighted by atomic mass is 35.5. The van der Waals surface area contributed by atoms with E-state index in [2.05, 4.69) is 11.9 Å². The van der Waals surface area contributed by atoms with Crippen molar-refractivity contribution in [1.29, 1.82) is 0 Å². The second-order valence-electron chi connectivity index (χ2n) is 4.63. The van der Waals surface area contributed by atoms with E-state index in [0.717, 1.165) is 25.7 Å². The molecule has 8 heteroatoms. The van der Waals surface area contributed by atoms with Gasteiger partial charge in [-0.2, -0.15) is 4.31 Å². The molecule has 1 N–H and O–H groups in total. The largest absolute Gasteiger partial charge is 0.395 e. The lowest BCUT2D eigenvalue weighted by Crippen LogP contribution is -2.34. The summed E-state index contributed by atoms with van der Waals surface area (Å²) >= 11 is 11.5. The number of nitrogens with zero attached hydrogens (tertiary/aromatic N) is 2. The minimum atomic E-state index is -3.72. The van der Waals surface area contributed by atoms with Crippen LogP contribution in [0.1, 0.15) is 32.6 Å². The Balaban J connectivity index is 2.90. The molecule has 21 heavy (non-hydrogen) atoms. The highest BCUT2D eigenvalue weighted by Gasteiger charge is 2.24. The number of aliphatic hydroxyl groups excluding tert-OH is 1. The highest BCUT2D eigenvalue weighted by molar-refractivity contribution is 7.89. The van der Waals surface area contributed by atoms with Crippen LogP contribution in [0.3, 0.4) is 0 Å². The predicted molar refractivity (Wildman–Crippen MR) is 84.2 cm³/mol. The van der Waals surface area contributed by atoms with Gasteiger partial charge in [-0.15, -0.1) is 0 Å². The fourth-order valence-corrected chi connectivity index (χ4v) is 3.65. The van der Waals surface area contributed by atoms with Gasteiger partial charge in [0.2, 0.25) is 10.0 Å². The van der Waals surface area contributed by atoms with Crippen molar-refractivity contribution < 1.29 is 13.5 Å². The first-order valence-corrected chi connectivity index (χ1v) is 9.05. The lowest BCUT2D eigenvalue weighted by Gasteiger charge is -2.21. The number of sulfonamides is 1. The number of halogens is 2. The van der Waals surface area contributed by atoms with Gasteiger partial charge in [0.25, 0.3) is 0 Å². The van der Waals surface area contributed by atoms with Crippen molar-refractivity contribution in [3.05, 3.63) is 22.4 Å². The van der Waals surface area contributed by atoms with Crippen LogP contribution < -0.4 is 0 Å². The van der Waals surface area contributed by atoms with Gasteiger partial charge < -0.3 is 5.11 Å². The van der Waals surface area contributed by atoms with E-state index in [1.165, 1.54) is 16.6 Å². The highest BCUT2D eigenvalue weighted by Crippen LogP contribution is 2.24. The zero-order valence-electron chi connectivity index (χ0n) is 11.9. The molecule has 120 valence electrons. The molecule has 1 aromatic rings. The molecule has 0 amide bonds. The van der Waals surface area contributed by atoms with Gasteiger partial charge in [0, 0.05) is 19.3 Å². The smallest absolute Gasteiger partial charge is 0.244 e. The SMILES string of the molecule is CCCCCCN(CCO)S(=O)(=O)c1cnc(Cl)c(Cl)c1. The molecule has 1 heterocycles. The van der Waals surface area contributed by atoms with E-state index in [1.807, 2.05) is 0 Å². The van der Waals surface area contributed by atoms with Gasteiger partial charge in [0.05, 0.1) is 11.6 Å². The van der Waals surface area contributed by atoms with E-state index >= 15 is 0 Å². The van der Waals surface area contributed by atoms with E-state index in [0.29, 0.717) is 6.54 Å². The first-order chi connectivity index (χ1) is 9.93. The van der Waals surface area contributed by atoms with Crippen LogP contribution in [0.5, 0.6) is 0 Å². The summed E-state index contributed by atoms with van der Waals surface area (Å²) < 4.78 is 26.3. The summed E-state index contributed by atoms with van der Waals surface area (Å²) in [6, 6.07) is 1.28. The summed E-state index contributed by atoms with van der Waals surface area (Å²) in [6.45, 7) is 2.27. The van der Waals surface area contributed by atoms with Crippen LogP contribution in [-0.4, -0.2) is 42.5 Å². The Labute approximate surface area is 135 Å². The average Bonchev–Trinajstić information content (AvgIpc) is 2.45. The van der Waals surface area contributed by atoms with Gasteiger partial charge in [-0.1, -0.05) is 49.4 Å². The third kappa shape index (κ3) is 5.38. The second kappa shape index (κ2) is 8.90. The van der Waals surface area contributed by atoms with E-state index in [4.69, 9.17) is 28.3 Å². The summed E-state index contributed by atoms with van der Waals surface area (Å²) in [5, 5.41) is 9.23. The minimum absolute atomic E-state index is 0.0131. The van der Waals surface area contributed by atoms with Gasteiger partial charge in [0.1, 0.15) is 10.0 Å². The van der Waals surface area contributed by atoms with Crippen LogP contribution >= 0.6 is 23.2 Å². The third-order valence-electron chi connectivity index (χ3n) is 3.02. The lowest BCUT2D eigenvalue weighted by molar-refractivity contribution is 0.251. The number of unbranched alkanes of at least 4 members (excludes halogenated alkanes) is 3. The van der Waals surface area contributed by atoms with Crippen LogP contribution in [0.2, 0.25) is 10.2 Å². The predicted octanol–water partition coefficient (Wildman–Crippen LogP) is 2.95. The molecule has 0 aliphatic heterocycles. The maximum Gasteiger partial charge on any atom is 0.244 e. The fraction of sp³-hybridized carbons (Fsp3) is 0.615. The number of pyridine rings is 1. The van der Waals surface area contributed by atoms with Gasteiger partial charge in [0.15, 0.2) is 0 Å². The summed E-state index contributed by atoms with van der Waals surface area (Å²) in [4.78, 5) is 3.75. The molecule has 5 nitrogen and oxygen atoms in total. The summed E-state index contributed by atoms with van der Waals surface area (Å²) in [7, 11) is -3.72. The molecule has 0 aliphatic carbocycles. The molecule has 0 aliphatic rings. The number of rotatable bonds is 9. The number of hydrogen-bond donors (Lipinski definition) is 1. The van der Waals surface area contributed by atoms with E-state index < -0.39 is 10.0 Å². The fourth-order valence-electron chi connectivity index (χ4n) is 1.87. The molecule has 0 unspecified atom stereocenters. The van der Waals surface area contributed by atoms with E-state index in [1.54, 1.807) is 0 Å². The monoisotopic (exact) mass is 354 g/mol. The summed E-state index contributed by atoms with van der Waals surface area (Å²) in [6.07, 6.45) is 5.01. The van der Waals surface area contributed by atoms with Crippen LogP contribution in [0.15, 0.2) is 17.2 Å². The maximum atomic E-state index is 12.5. The zero-order valence-corrected chi connectivity index (χ0v) is 14.3. The molecular weight excluding hydrogens is 335 g/mol. The number of hydrogen-bond acceptors (Lipinski definition) is 4. The molecule has 0 saturated heterocycles. The molecular formula is C13H20Cl2N2O3S. The van der Waals surface area contributed by atoms with Crippen molar-refractivity contribution >= 4 is 33.2 Å². The Hall–Kier alpha value is -0.400. The molecule has 0 atom stereocenters. The molecule has 0 bridgehead atoms. The minimum Gasteiger partial charge on any atom is -0.395 e. The Bertz CT molecular complexity index is 552. The van der Waals surface area contributed by atoms with Gasteiger partial charge in [-0.05, 0) is 12.5 Å². The Morgan fingerprint density at radius 2 is 1.95 bits per heavy atom. The van der Waals surface area contributed by atoms with Crippen LogP contribution in [0, 0.1) is 0 Å². The molecule has 0 aromatic carbocycles. The van der Waals surface area contributed by atoms with Crippen LogP contribution in [0.4, 0.5) is 0 Å².